The first-order chi connectivity index (χ1) is 17.5. The first-order valence-electron chi connectivity index (χ1n) is 11.1. The summed E-state index contributed by atoms with van der Waals surface area (Å²) >= 11 is 13.9. The zero-order chi connectivity index (χ0) is 26.8. The second-order valence-corrected chi connectivity index (χ2v) is 12.8. The van der Waals surface area contributed by atoms with E-state index in [9.17, 15) is 13.2 Å². The molecular formula is C25H23Cl2N5O3S2. The Morgan fingerprint density at radius 2 is 1.70 bits per heavy atom. The number of nitrogens with one attached hydrogen (secondary N) is 1. The monoisotopic (exact) mass is 575 g/mol. The number of aromatic nitrogens is 4. The number of tetrazole rings is 1. The maximum Gasteiger partial charge on any atom is 0.234 e. The van der Waals surface area contributed by atoms with Crippen LogP contribution >= 0.6 is 35.0 Å². The van der Waals surface area contributed by atoms with E-state index < -0.39 is 9.84 Å². The molecule has 1 heterocycles. The Morgan fingerprint density at radius 3 is 2.35 bits per heavy atom. The molecule has 0 saturated heterocycles. The predicted molar refractivity (Wildman–Crippen MR) is 146 cm³/mol. The van der Waals surface area contributed by atoms with Crippen LogP contribution in [-0.2, 0) is 20.0 Å². The number of amides is 1. The lowest BCUT2D eigenvalue weighted by molar-refractivity contribution is -0.113. The molecule has 0 atom stereocenters. The van der Waals surface area contributed by atoms with Gasteiger partial charge in [0.1, 0.15) is 0 Å². The lowest BCUT2D eigenvalue weighted by atomic mass is 9.87. The summed E-state index contributed by atoms with van der Waals surface area (Å²) in [5.74, 6) is -0.382. The number of benzene rings is 3. The van der Waals surface area contributed by atoms with Gasteiger partial charge in [-0.2, -0.15) is 4.68 Å². The molecule has 1 amide bonds. The largest absolute Gasteiger partial charge is 0.324 e. The van der Waals surface area contributed by atoms with E-state index in [0.717, 1.165) is 17.3 Å². The third-order valence-electron chi connectivity index (χ3n) is 5.39. The van der Waals surface area contributed by atoms with Crippen molar-refractivity contribution in [2.45, 2.75) is 41.1 Å². The minimum atomic E-state index is -3.73. The van der Waals surface area contributed by atoms with Crippen LogP contribution in [0.4, 0.5) is 5.69 Å². The number of rotatable bonds is 7. The summed E-state index contributed by atoms with van der Waals surface area (Å²) < 4.78 is 27.1. The van der Waals surface area contributed by atoms with Crippen molar-refractivity contribution < 1.29 is 13.2 Å². The van der Waals surface area contributed by atoms with Crippen LogP contribution in [0.15, 0.2) is 81.7 Å². The first-order valence-corrected chi connectivity index (χ1v) is 14.3. The van der Waals surface area contributed by atoms with E-state index in [1.165, 1.54) is 35.0 Å². The van der Waals surface area contributed by atoms with Gasteiger partial charge in [0.25, 0.3) is 0 Å². The van der Waals surface area contributed by atoms with Crippen LogP contribution in [0.1, 0.15) is 26.3 Å². The van der Waals surface area contributed by atoms with E-state index in [-0.39, 0.29) is 31.9 Å². The van der Waals surface area contributed by atoms with Crippen molar-refractivity contribution in [1.29, 1.82) is 0 Å². The van der Waals surface area contributed by atoms with E-state index in [1.807, 2.05) is 18.2 Å². The smallest absolute Gasteiger partial charge is 0.234 e. The lowest BCUT2D eigenvalue weighted by Crippen LogP contribution is -2.15. The number of thioether (sulfide) groups is 1. The molecule has 0 bridgehead atoms. The third kappa shape index (κ3) is 6.15. The summed E-state index contributed by atoms with van der Waals surface area (Å²) in [7, 11) is -3.73. The molecule has 4 aromatic rings. The van der Waals surface area contributed by atoms with Crippen LogP contribution in [0, 0.1) is 0 Å². The van der Waals surface area contributed by atoms with Gasteiger partial charge in [-0.05, 0) is 63.9 Å². The summed E-state index contributed by atoms with van der Waals surface area (Å²) in [6, 6.07) is 17.9. The molecule has 1 aromatic heterocycles. The van der Waals surface area contributed by atoms with Crippen LogP contribution in [0.25, 0.3) is 5.69 Å². The molecule has 0 saturated carbocycles. The van der Waals surface area contributed by atoms with E-state index in [2.05, 4.69) is 41.6 Å². The third-order valence-corrected chi connectivity index (χ3v) is 8.70. The quantitative estimate of drug-likeness (QED) is 0.276. The van der Waals surface area contributed by atoms with Crippen molar-refractivity contribution in [2.24, 2.45) is 0 Å². The number of anilines is 1. The summed E-state index contributed by atoms with van der Waals surface area (Å²) in [6.07, 6.45) is 0. The molecular weight excluding hydrogens is 553 g/mol. The van der Waals surface area contributed by atoms with Crippen LogP contribution < -0.4 is 5.32 Å². The zero-order valence-electron chi connectivity index (χ0n) is 20.1. The maximum absolute atomic E-state index is 12.8. The zero-order valence-corrected chi connectivity index (χ0v) is 23.3. The molecule has 192 valence electrons. The highest BCUT2D eigenvalue weighted by Gasteiger charge is 2.20. The molecule has 0 aliphatic rings. The number of hydrogen-bond donors (Lipinski definition) is 1. The average molecular weight is 577 g/mol. The molecule has 12 heteroatoms. The van der Waals surface area contributed by atoms with Crippen molar-refractivity contribution in [3.05, 3.63) is 82.3 Å². The van der Waals surface area contributed by atoms with E-state index >= 15 is 0 Å². The molecule has 4 rings (SSSR count). The maximum atomic E-state index is 12.8. The lowest BCUT2D eigenvalue weighted by Gasteiger charge is -2.20. The van der Waals surface area contributed by atoms with Crippen molar-refractivity contribution in [2.75, 3.05) is 11.1 Å². The number of carbonyl (C=O) groups is 1. The van der Waals surface area contributed by atoms with Gasteiger partial charge < -0.3 is 5.32 Å². The van der Waals surface area contributed by atoms with Crippen LogP contribution in [0.3, 0.4) is 0 Å². The number of halogens is 2. The van der Waals surface area contributed by atoms with Crippen molar-refractivity contribution >= 4 is 56.4 Å². The second kappa shape index (κ2) is 10.8. The Morgan fingerprint density at radius 1 is 0.973 bits per heavy atom. The molecule has 0 aliphatic heterocycles. The minimum absolute atomic E-state index is 0.0154. The van der Waals surface area contributed by atoms with Crippen LogP contribution in [-0.4, -0.2) is 40.3 Å². The molecule has 0 aliphatic carbocycles. The molecule has 3 aromatic carbocycles. The highest BCUT2D eigenvalue weighted by molar-refractivity contribution is 7.99. The fourth-order valence-corrected chi connectivity index (χ4v) is 5.93. The molecule has 0 fully saturated rings. The second-order valence-electron chi connectivity index (χ2n) is 9.08. The van der Waals surface area contributed by atoms with Gasteiger partial charge >= 0.3 is 0 Å². The standard InChI is InChI=1S/C25H23Cl2N5O3S2/c1-25(2,3)16-9-12-22(20(27)13-16)32-24(29-30-31-32)36-15-23(33)28-21-11-10-18(14-19(21)26)37(34,35)17-7-5-4-6-8-17/h4-14H,15H2,1-3H3,(H,28,33). The van der Waals surface area contributed by atoms with Gasteiger partial charge in [-0.25, -0.2) is 8.42 Å². The fraction of sp³-hybridized carbons (Fsp3) is 0.200. The number of sulfone groups is 1. The van der Waals surface area contributed by atoms with E-state index in [4.69, 9.17) is 23.2 Å². The Hall–Kier alpha value is -2.92. The summed E-state index contributed by atoms with van der Waals surface area (Å²) in [6.45, 7) is 6.28. The van der Waals surface area contributed by atoms with Gasteiger partial charge in [0.05, 0.1) is 37.0 Å². The number of carbonyl (C=O) groups excluding carboxylic acids is 1. The number of hydrogen-bond acceptors (Lipinski definition) is 7. The Labute approximate surface area is 229 Å². The summed E-state index contributed by atoms with van der Waals surface area (Å²) in [5.41, 5.74) is 1.90. The van der Waals surface area contributed by atoms with Crippen LogP contribution in [0.5, 0.6) is 0 Å². The first kappa shape index (κ1) is 27.1. The van der Waals surface area contributed by atoms with Gasteiger partial charge in [-0.1, -0.05) is 80.0 Å². The van der Waals surface area contributed by atoms with Gasteiger partial charge in [0, 0.05) is 0 Å². The van der Waals surface area contributed by atoms with Crippen LogP contribution in [0.2, 0.25) is 10.0 Å². The number of nitrogens with zero attached hydrogens (tertiary/aromatic N) is 4. The molecule has 0 radical (unpaired) electrons. The van der Waals surface area contributed by atoms with Crippen molar-refractivity contribution in [3.8, 4) is 5.69 Å². The topological polar surface area (TPSA) is 107 Å². The Bertz CT molecular complexity index is 1550. The molecule has 0 spiro atoms. The van der Waals surface area contributed by atoms with Gasteiger partial charge in [-0.3, -0.25) is 4.79 Å². The van der Waals surface area contributed by atoms with E-state index in [0.29, 0.717) is 21.6 Å². The molecule has 8 nitrogen and oxygen atoms in total. The van der Waals surface area contributed by atoms with Crippen molar-refractivity contribution in [1.82, 2.24) is 20.2 Å². The normalized spacial score (nSPS) is 11.9. The van der Waals surface area contributed by atoms with E-state index in [1.54, 1.807) is 18.2 Å². The minimum Gasteiger partial charge on any atom is -0.324 e. The molecule has 1 N–H and O–H groups in total. The Balaban J connectivity index is 1.44. The van der Waals surface area contributed by atoms with Gasteiger partial charge in [0.15, 0.2) is 0 Å². The Kier molecular flexibility index (Phi) is 7.94. The summed E-state index contributed by atoms with van der Waals surface area (Å²) in [5, 5.41) is 15.4. The average Bonchev–Trinajstić information content (AvgIpc) is 3.32. The SMILES string of the molecule is CC(C)(C)c1ccc(-n2nnnc2SCC(=O)Nc2ccc(S(=O)(=O)c3ccccc3)cc2Cl)c(Cl)c1. The highest BCUT2D eigenvalue weighted by Crippen LogP contribution is 2.31. The van der Waals surface area contributed by atoms with Crippen molar-refractivity contribution in [3.63, 3.8) is 0 Å². The molecule has 0 unspecified atom stereocenters. The van der Waals surface area contributed by atoms with Gasteiger partial charge in [0.2, 0.25) is 20.9 Å². The molecule has 37 heavy (non-hydrogen) atoms. The predicted octanol–water partition coefficient (Wildman–Crippen LogP) is 5.83. The van der Waals surface area contributed by atoms with Gasteiger partial charge in [-0.15, -0.1) is 5.10 Å². The highest BCUT2D eigenvalue weighted by atomic mass is 35.5. The fourth-order valence-electron chi connectivity index (χ4n) is 3.38. The summed E-state index contributed by atoms with van der Waals surface area (Å²) in [4.78, 5) is 12.8.